The van der Waals surface area contributed by atoms with Crippen LogP contribution in [0, 0.1) is 5.92 Å². The van der Waals surface area contributed by atoms with Crippen LogP contribution >= 0.6 is 11.8 Å². The Morgan fingerprint density at radius 2 is 2.60 bits per heavy atom. The van der Waals surface area contributed by atoms with E-state index in [9.17, 15) is 4.79 Å². The van der Waals surface area contributed by atoms with Crippen molar-refractivity contribution >= 4 is 17.7 Å². The Morgan fingerprint density at radius 3 is 3.27 bits per heavy atom. The summed E-state index contributed by atoms with van der Waals surface area (Å²) in [5.74, 6) is 2.66. The van der Waals surface area contributed by atoms with Gasteiger partial charge in [-0.2, -0.15) is 11.8 Å². The van der Waals surface area contributed by atoms with Gasteiger partial charge in [-0.05, 0) is 25.1 Å². The molecule has 0 saturated carbocycles. The molecular formula is C11H18N2OS. The first kappa shape index (κ1) is 11.0. The fourth-order valence-electron chi connectivity index (χ4n) is 1.92. The van der Waals surface area contributed by atoms with Crippen molar-refractivity contribution in [3.63, 3.8) is 0 Å². The van der Waals surface area contributed by atoms with Gasteiger partial charge in [0.15, 0.2) is 0 Å². The van der Waals surface area contributed by atoms with Gasteiger partial charge in [-0.25, -0.2) is 0 Å². The van der Waals surface area contributed by atoms with Gasteiger partial charge < -0.3 is 10.6 Å². The number of thioether (sulfide) groups is 1. The number of nitrogens with one attached hydrogen (secondary N) is 2. The van der Waals surface area contributed by atoms with Gasteiger partial charge in [-0.1, -0.05) is 11.6 Å². The second kappa shape index (κ2) is 5.56. The van der Waals surface area contributed by atoms with Crippen molar-refractivity contribution in [1.29, 1.82) is 0 Å². The van der Waals surface area contributed by atoms with Crippen LogP contribution in [0.15, 0.2) is 11.6 Å². The van der Waals surface area contributed by atoms with Crippen LogP contribution in [0.3, 0.4) is 0 Å². The van der Waals surface area contributed by atoms with Gasteiger partial charge in [0.2, 0.25) is 5.91 Å². The van der Waals surface area contributed by atoms with Gasteiger partial charge in [-0.3, -0.25) is 4.79 Å². The molecule has 1 amide bonds. The first-order valence-electron chi connectivity index (χ1n) is 5.60. The third-order valence-electron chi connectivity index (χ3n) is 2.95. The Balaban J connectivity index is 1.72. The van der Waals surface area contributed by atoms with E-state index < -0.39 is 0 Å². The Bertz CT molecular complexity index is 259. The molecule has 2 heterocycles. The monoisotopic (exact) mass is 226 g/mol. The van der Waals surface area contributed by atoms with Crippen LogP contribution in [-0.2, 0) is 4.79 Å². The summed E-state index contributed by atoms with van der Waals surface area (Å²) in [6.07, 6.45) is 4.31. The molecule has 84 valence electrons. The van der Waals surface area contributed by atoms with Crippen molar-refractivity contribution in [3.05, 3.63) is 11.6 Å². The summed E-state index contributed by atoms with van der Waals surface area (Å²) in [4.78, 5) is 11.7. The zero-order valence-corrected chi connectivity index (χ0v) is 9.74. The number of carbonyl (C=O) groups excluding carboxylic acids is 1. The molecule has 0 aromatic heterocycles. The van der Waals surface area contributed by atoms with Gasteiger partial charge in [0, 0.05) is 24.8 Å². The molecule has 2 aliphatic rings. The molecule has 0 bridgehead atoms. The van der Waals surface area contributed by atoms with E-state index in [4.69, 9.17) is 0 Å². The third-order valence-corrected chi connectivity index (χ3v) is 4.11. The fraction of sp³-hybridized carbons (Fsp3) is 0.727. The van der Waals surface area contributed by atoms with Gasteiger partial charge in [0.25, 0.3) is 0 Å². The summed E-state index contributed by atoms with van der Waals surface area (Å²) in [5.41, 5.74) is 1.37. The molecule has 0 aromatic carbocycles. The lowest BCUT2D eigenvalue weighted by Crippen LogP contribution is -2.33. The molecule has 3 nitrogen and oxygen atoms in total. The predicted octanol–water partition coefficient (Wildman–Crippen LogP) is 0.775. The van der Waals surface area contributed by atoms with Crippen molar-refractivity contribution < 1.29 is 4.79 Å². The summed E-state index contributed by atoms with van der Waals surface area (Å²) in [7, 11) is 0. The predicted molar refractivity (Wildman–Crippen MR) is 64.0 cm³/mol. The average Bonchev–Trinajstić information content (AvgIpc) is 2.81. The quantitative estimate of drug-likeness (QED) is 0.699. The normalized spacial score (nSPS) is 26.1. The number of carbonyl (C=O) groups is 1. The Morgan fingerprint density at radius 1 is 1.67 bits per heavy atom. The molecule has 0 aliphatic carbocycles. The zero-order valence-electron chi connectivity index (χ0n) is 8.92. The molecule has 2 N–H and O–H groups in total. The Labute approximate surface area is 95.1 Å². The number of rotatable bonds is 3. The van der Waals surface area contributed by atoms with Crippen LogP contribution in [0.2, 0.25) is 0 Å². The molecule has 2 aliphatic heterocycles. The lowest BCUT2D eigenvalue weighted by Gasteiger charge is -2.16. The second-order valence-corrected chi connectivity index (χ2v) is 5.24. The van der Waals surface area contributed by atoms with Crippen LogP contribution in [0.25, 0.3) is 0 Å². The first-order valence-corrected chi connectivity index (χ1v) is 6.76. The van der Waals surface area contributed by atoms with Crippen LogP contribution in [0.4, 0.5) is 0 Å². The standard InChI is InChI=1S/C11H18N2OS/c14-11(10-3-6-15-8-10)13-7-9-1-4-12-5-2-9/h1,10,12H,2-8H2,(H,13,14). The summed E-state index contributed by atoms with van der Waals surface area (Å²) < 4.78 is 0. The van der Waals surface area contributed by atoms with Crippen molar-refractivity contribution in [1.82, 2.24) is 10.6 Å². The van der Waals surface area contributed by atoms with Crippen molar-refractivity contribution in [3.8, 4) is 0 Å². The Hall–Kier alpha value is -0.480. The molecule has 1 saturated heterocycles. The highest BCUT2D eigenvalue weighted by molar-refractivity contribution is 7.99. The van der Waals surface area contributed by atoms with Crippen molar-refractivity contribution in [2.24, 2.45) is 5.92 Å². The van der Waals surface area contributed by atoms with Gasteiger partial charge in [-0.15, -0.1) is 0 Å². The molecule has 1 atom stereocenters. The highest BCUT2D eigenvalue weighted by Gasteiger charge is 2.22. The lowest BCUT2D eigenvalue weighted by atomic mass is 10.1. The summed E-state index contributed by atoms with van der Waals surface area (Å²) >= 11 is 1.89. The summed E-state index contributed by atoms with van der Waals surface area (Å²) in [6, 6.07) is 0. The van der Waals surface area contributed by atoms with Crippen molar-refractivity contribution in [2.45, 2.75) is 12.8 Å². The molecule has 1 unspecified atom stereocenters. The van der Waals surface area contributed by atoms with E-state index >= 15 is 0 Å². The molecule has 0 spiro atoms. The summed E-state index contributed by atoms with van der Waals surface area (Å²) in [5, 5.41) is 6.31. The van der Waals surface area contributed by atoms with Crippen LogP contribution in [0.1, 0.15) is 12.8 Å². The number of hydrogen-bond acceptors (Lipinski definition) is 3. The Kier molecular flexibility index (Phi) is 4.09. The van der Waals surface area contributed by atoms with E-state index in [0.717, 1.165) is 44.0 Å². The van der Waals surface area contributed by atoms with Gasteiger partial charge in [0.05, 0.1) is 0 Å². The zero-order chi connectivity index (χ0) is 10.5. The minimum atomic E-state index is 0.249. The van der Waals surface area contributed by atoms with E-state index in [1.165, 1.54) is 5.57 Å². The topological polar surface area (TPSA) is 41.1 Å². The van der Waals surface area contributed by atoms with Crippen LogP contribution in [0.5, 0.6) is 0 Å². The van der Waals surface area contributed by atoms with Crippen LogP contribution in [-0.4, -0.2) is 37.0 Å². The van der Waals surface area contributed by atoms with Gasteiger partial charge >= 0.3 is 0 Å². The third kappa shape index (κ3) is 3.24. The van der Waals surface area contributed by atoms with E-state index in [0.29, 0.717) is 0 Å². The van der Waals surface area contributed by atoms with Crippen molar-refractivity contribution in [2.75, 3.05) is 31.1 Å². The lowest BCUT2D eigenvalue weighted by molar-refractivity contribution is -0.124. The average molecular weight is 226 g/mol. The molecular weight excluding hydrogens is 208 g/mol. The smallest absolute Gasteiger partial charge is 0.224 e. The number of hydrogen-bond donors (Lipinski definition) is 2. The minimum Gasteiger partial charge on any atom is -0.352 e. The first-order chi connectivity index (χ1) is 7.36. The maximum absolute atomic E-state index is 11.7. The van der Waals surface area contributed by atoms with Crippen LogP contribution < -0.4 is 10.6 Å². The SMILES string of the molecule is O=C(NCC1=CCNCC1)C1CCSC1. The summed E-state index contributed by atoms with van der Waals surface area (Å²) in [6.45, 7) is 2.74. The minimum absolute atomic E-state index is 0.249. The highest BCUT2D eigenvalue weighted by Crippen LogP contribution is 2.23. The molecule has 2 rings (SSSR count). The molecule has 15 heavy (non-hydrogen) atoms. The van der Waals surface area contributed by atoms with Gasteiger partial charge in [0.1, 0.15) is 0 Å². The van der Waals surface area contributed by atoms with E-state index in [-0.39, 0.29) is 11.8 Å². The fourth-order valence-corrected chi connectivity index (χ4v) is 3.14. The van der Waals surface area contributed by atoms with E-state index in [1.807, 2.05) is 11.8 Å². The number of amides is 1. The maximum Gasteiger partial charge on any atom is 0.224 e. The van der Waals surface area contributed by atoms with E-state index in [1.54, 1.807) is 0 Å². The van der Waals surface area contributed by atoms with E-state index in [2.05, 4.69) is 16.7 Å². The molecule has 4 heteroatoms. The second-order valence-electron chi connectivity index (χ2n) is 4.09. The highest BCUT2D eigenvalue weighted by atomic mass is 32.2. The largest absolute Gasteiger partial charge is 0.352 e. The molecule has 1 fully saturated rings. The molecule has 0 aromatic rings. The maximum atomic E-state index is 11.7. The molecule has 0 radical (unpaired) electrons.